The molecule has 1 amide bonds. The molecular formula is C26H32FN3O2S. The maximum absolute atomic E-state index is 13.3. The number of carbonyl (C=O) groups is 1. The van der Waals surface area contributed by atoms with Gasteiger partial charge in [-0.2, -0.15) is 0 Å². The van der Waals surface area contributed by atoms with Crippen molar-refractivity contribution in [1.29, 1.82) is 0 Å². The lowest BCUT2D eigenvalue weighted by Gasteiger charge is -2.26. The molecule has 1 atom stereocenters. The third-order valence-corrected chi connectivity index (χ3v) is 7.99. The van der Waals surface area contributed by atoms with Crippen molar-refractivity contribution in [3.8, 4) is 11.3 Å². The minimum absolute atomic E-state index is 0.168. The molecule has 1 saturated carbocycles. The Bertz CT molecular complexity index is 1070. The number of carbonyl (C=O) groups excluding carboxylic acids is 1. The van der Waals surface area contributed by atoms with Crippen molar-refractivity contribution in [2.75, 3.05) is 19.7 Å². The number of ether oxygens (including phenoxy) is 1. The average molecular weight is 470 g/mol. The molecule has 176 valence electrons. The molecule has 0 bridgehead atoms. The predicted molar refractivity (Wildman–Crippen MR) is 129 cm³/mol. The van der Waals surface area contributed by atoms with Gasteiger partial charge < -0.3 is 9.64 Å². The zero-order valence-electron chi connectivity index (χ0n) is 19.0. The minimum Gasteiger partial charge on any atom is -0.376 e. The summed E-state index contributed by atoms with van der Waals surface area (Å²) in [5.74, 6) is 0.747. The normalized spacial score (nSPS) is 19.0. The molecule has 1 aliphatic heterocycles. The summed E-state index contributed by atoms with van der Waals surface area (Å²) in [6, 6.07) is 6.44. The zero-order valence-corrected chi connectivity index (χ0v) is 19.9. The Balaban J connectivity index is 1.26. The summed E-state index contributed by atoms with van der Waals surface area (Å²) in [6.45, 7) is 2.20. The largest absolute Gasteiger partial charge is 0.376 e. The van der Waals surface area contributed by atoms with E-state index in [0.29, 0.717) is 19.5 Å². The lowest BCUT2D eigenvalue weighted by molar-refractivity contribution is -0.133. The van der Waals surface area contributed by atoms with Gasteiger partial charge in [-0.05, 0) is 49.4 Å². The van der Waals surface area contributed by atoms with E-state index in [4.69, 9.17) is 9.72 Å². The van der Waals surface area contributed by atoms with Crippen LogP contribution in [0.4, 0.5) is 4.39 Å². The molecule has 1 aromatic carbocycles. The standard InChI is InChI=1S/C26H32FN3O2S/c27-21-10-8-20(9-11-21)24-17-30-22(18-33-26(30)28-24)13-14-29(16-23-6-3-15-32-23)25(31)12-7-19-4-1-2-5-19/h8-11,17-19,23H,1-7,12-16H2. The Hall–Kier alpha value is -2.25. The Kier molecular flexibility index (Phi) is 7.07. The molecular weight excluding hydrogens is 437 g/mol. The average Bonchev–Trinajstić information content (AvgIpc) is 3.62. The summed E-state index contributed by atoms with van der Waals surface area (Å²) in [4.78, 5) is 20.8. The first-order valence-corrected chi connectivity index (χ1v) is 13.1. The first kappa shape index (κ1) is 22.5. The molecule has 3 aromatic rings. The van der Waals surface area contributed by atoms with Crippen molar-refractivity contribution in [2.45, 2.75) is 63.9 Å². The fraction of sp³-hybridized carbons (Fsp3) is 0.538. The van der Waals surface area contributed by atoms with Gasteiger partial charge in [0.05, 0.1) is 11.8 Å². The van der Waals surface area contributed by atoms with Crippen LogP contribution in [0.25, 0.3) is 16.2 Å². The second-order valence-electron chi connectivity index (χ2n) is 9.43. The number of fused-ring (bicyclic) bond motifs is 1. The highest BCUT2D eigenvalue weighted by Crippen LogP contribution is 2.29. The topological polar surface area (TPSA) is 46.8 Å². The van der Waals surface area contributed by atoms with Crippen molar-refractivity contribution in [1.82, 2.24) is 14.3 Å². The Morgan fingerprint density at radius 1 is 1.18 bits per heavy atom. The Labute approximate surface area is 198 Å². The van der Waals surface area contributed by atoms with Crippen LogP contribution < -0.4 is 0 Å². The molecule has 1 unspecified atom stereocenters. The number of amides is 1. The maximum Gasteiger partial charge on any atom is 0.222 e. The highest BCUT2D eigenvalue weighted by Gasteiger charge is 2.24. The highest BCUT2D eigenvalue weighted by atomic mass is 32.1. The molecule has 2 aliphatic rings. The number of halogens is 1. The van der Waals surface area contributed by atoms with E-state index in [9.17, 15) is 9.18 Å². The summed E-state index contributed by atoms with van der Waals surface area (Å²) in [5, 5.41) is 2.13. The van der Waals surface area contributed by atoms with Crippen molar-refractivity contribution in [2.24, 2.45) is 5.92 Å². The Morgan fingerprint density at radius 2 is 2.00 bits per heavy atom. The number of hydrogen-bond acceptors (Lipinski definition) is 4. The van der Waals surface area contributed by atoms with Crippen LogP contribution in [0.3, 0.4) is 0 Å². The number of hydrogen-bond donors (Lipinski definition) is 0. The number of benzene rings is 1. The summed E-state index contributed by atoms with van der Waals surface area (Å²) < 4.78 is 21.2. The monoisotopic (exact) mass is 469 g/mol. The van der Waals surface area contributed by atoms with E-state index < -0.39 is 0 Å². The molecule has 0 N–H and O–H groups in total. The van der Waals surface area contributed by atoms with Gasteiger partial charge in [-0.15, -0.1) is 11.3 Å². The van der Waals surface area contributed by atoms with Crippen LogP contribution in [0.15, 0.2) is 35.8 Å². The van der Waals surface area contributed by atoms with Crippen LogP contribution in [0, 0.1) is 11.7 Å². The number of thiazole rings is 1. The first-order valence-electron chi connectivity index (χ1n) is 12.3. The van der Waals surface area contributed by atoms with Crippen LogP contribution in [0.2, 0.25) is 0 Å². The fourth-order valence-electron chi connectivity index (χ4n) is 5.15. The summed E-state index contributed by atoms with van der Waals surface area (Å²) in [7, 11) is 0. The van der Waals surface area contributed by atoms with E-state index >= 15 is 0 Å². The Morgan fingerprint density at radius 3 is 2.76 bits per heavy atom. The van der Waals surface area contributed by atoms with Gasteiger partial charge in [0.15, 0.2) is 4.96 Å². The molecule has 2 fully saturated rings. The van der Waals surface area contributed by atoms with Crippen LogP contribution in [0.1, 0.15) is 57.1 Å². The summed E-state index contributed by atoms with van der Waals surface area (Å²) in [5.41, 5.74) is 2.89. The third-order valence-electron chi connectivity index (χ3n) is 7.10. The maximum atomic E-state index is 13.3. The number of nitrogens with zero attached hydrogens (tertiary/aromatic N) is 3. The van der Waals surface area contributed by atoms with Crippen LogP contribution in [-0.4, -0.2) is 46.0 Å². The SMILES string of the molecule is O=C(CCC1CCCC1)N(CCc1csc2nc(-c3ccc(F)cc3)cn12)CC1CCCO1. The lowest BCUT2D eigenvalue weighted by atomic mass is 10.0. The molecule has 33 heavy (non-hydrogen) atoms. The van der Waals surface area contributed by atoms with Crippen LogP contribution >= 0.6 is 11.3 Å². The van der Waals surface area contributed by atoms with Crippen molar-refractivity contribution in [3.63, 3.8) is 0 Å². The first-order chi connectivity index (χ1) is 16.2. The van der Waals surface area contributed by atoms with Gasteiger partial charge in [0.2, 0.25) is 5.91 Å². The highest BCUT2D eigenvalue weighted by molar-refractivity contribution is 7.15. The molecule has 7 heteroatoms. The second kappa shape index (κ2) is 10.3. The van der Waals surface area contributed by atoms with Gasteiger partial charge in [-0.25, -0.2) is 9.37 Å². The van der Waals surface area contributed by atoms with Crippen LogP contribution in [0.5, 0.6) is 0 Å². The smallest absolute Gasteiger partial charge is 0.222 e. The van der Waals surface area contributed by atoms with E-state index in [0.717, 1.165) is 60.1 Å². The molecule has 5 nitrogen and oxygen atoms in total. The molecule has 5 rings (SSSR count). The molecule has 3 heterocycles. The van der Waals surface area contributed by atoms with Crippen molar-refractivity contribution >= 4 is 22.2 Å². The number of imidazole rings is 1. The van der Waals surface area contributed by atoms with Gasteiger partial charge >= 0.3 is 0 Å². The van der Waals surface area contributed by atoms with E-state index in [-0.39, 0.29) is 17.8 Å². The van der Waals surface area contributed by atoms with Gasteiger partial charge in [0.1, 0.15) is 5.82 Å². The van der Waals surface area contributed by atoms with E-state index in [2.05, 4.69) is 9.78 Å². The number of aromatic nitrogens is 2. The molecule has 0 radical (unpaired) electrons. The minimum atomic E-state index is -0.246. The third kappa shape index (κ3) is 5.46. The summed E-state index contributed by atoms with van der Waals surface area (Å²) >= 11 is 1.60. The van der Waals surface area contributed by atoms with Gasteiger partial charge in [-0.3, -0.25) is 9.20 Å². The number of rotatable bonds is 9. The summed E-state index contributed by atoms with van der Waals surface area (Å²) in [6.07, 6.45) is 11.9. The van der Waals surface area contributed by atoms with Gasteiger partial charge in [0.25, 0.3) is 0 Å². The van der Waals surface area contributed by atoms with Crippen LogP contribution in [-0.2, 0) is 16.0 Å². The van der Waals surface area contributed by atoms with Crippen molar-refractivity contribution in [3.05, 3.63) is 47.4 Å². The van der Waals surface area contributed by atoms with Crippen molar-refractivity contribution < 1.29 is 13.9 Å². The molecule has 1 saturated heterocycles. The quantitative estimate of drug-likeness (QED) is 0.403. The fourth-order valence-corrected chi connectivity index (χ4v) is 6.06. The molecule has 1 aliphatic carbocycles. The molecule has 2 aromatic heterocycles. The van der Waals surface area contributed by atoms with E-state index in [1.165, 1.54) is 37.8 Å². The molecule has 0 spiro atoms. The van der Waals surface area contributed by atoms with Gasteiger partial charge in [0, 0.05) is 55.4 Å². The lowest BCUT2D eigenvalue weighted by Crippen LogP contribution is -2.39. The van der Waals surface area contributed by atoms with E-state index in [1.807, 2.05) is 11.1 Å². The zero-order chi connectivity index (χ0) is 22.6. The predicted octanol–water partition coefficient (Wildman–Crippen LogP) is 5.72. The second-order valence-corrected chi connectivity index (χ2v) is 10.3. The van der Waals surface area contributed by atoms with E-state index in [1.54, 1.807) is 23.5 Å². The van der Waals surface area contributed by atoms with Gasteiger partial charge in [-0.1, -0.05) is 25.7 Å².